The van der Waals surface area contributed by atoms with E-state index in [1.165, 1.54) is 0 Å². The van der Waals surface area contributed by atoms with E-state index in [0.717, 1.165) is 30.8 Å². The van der Waals surface area contributed by atoms with Crippen molar-refractivity contribution in [2.24, 2.45) is 0 Å². The highest BCUT2D eigenvalue weighted by atomic mass is 16.5. The molecule has 0 saturated carbocycles. The number of rotatable bonds is 3. The van der Waals surface area contributed by atoms with E-state index in [-0.39, 0.29) is 0 Å². The molecule has 1 aliphatic heterocycles. The Bertz CT molecular complexity index is 574. The van der Waals surface area contributed by atoms with Crippen LogP contribution in [0.2, 0.25) is 0 Å². The molecule has 0 amide bonds. The van der Waals surface area contributed by atoms with Gasteiger partial charge in [0.1, 0.15) is 5.75 Å². The normalized spacial score (nSPS) is 18.7. The molecule has 2 heterocycles. The predicted octanol–water partition coefficient (Wildman–Crippen LogP) is 2.10. The minimum Gasteiger partial charge on any atom is -0.494 e. The molecule has 1 saturated heterocycles. The van der Waals surface area contributed by atoms with Gasteiger partial charge in [-0.15, -0.1) is 0 Å². The lowest BCUT2D eigenvalue weighted by molar-refractivity contribution is 0.184. The zero-order valence-corrected chi connectivity index (χ0v) is 10.9. The van der Waals surface area contributed by atoms with Crippen molar-refractivity contribution in [1.29, 1.82) is 0 Å². The van der Waals surface area contributed by atoms with Gasteiger partial charge in [0.2, 0.25) is 0 Å². The van der Waals surface area contributed by atoms with Crippen molar-refractivity contribution in [2.75, 3.05) is 26.1 Å². The average molecular weight is 259 g/mol. The average Bonchev–Trinajstić information content (AvgIpc) is 3.09. The van der Waals surface area contributed by atoms with E-state index in [9.17, 15) is 0 Å². The van der Waals surface area contributed by atoms with Gasteiger partial charge < -0.3 is 15.2 Å². The molecule has 2 aromatic rings. The monoisotopic (exact) mass is 259 g/mol. The van der Waals surface area contributed by atoms with Crippen molar-refractivity contribution in [3.8, 4) is 16.9 Å². The highest BCUT2D eigenvalue weighted by Crippen LogP contribution is 2.35. The summed E-state index contributed by atoms with van der Waals surface area (Å²) in [6.45, 7) is 1.54. The maximum absolute atomic E-state index is 5.93. The number of nitrogens with two attached hydrogens (primary N) is 1. The van der Waals surface area contributed by atoms with Crippen LogP contribution in [0.15, 0.2) is 30.6 Å². The lowest BCUT2D eigenvalue weighted by Crippen LogP contribution is -2.08. The van der Waals surface area contributed by atoms with Crippen molar-refractivity contribution in [3.05, 3.63) is 30.6 Å². The fourth-order valence-corrected chi connectivity index (χ4v) is 2.42. The Morgan fingerprint density at radius 3 is 3.11 bits per heavy atom. The molecule has 1 atom stereocenters. The van der Waals surface area contributed by atoms with Gasteiger partial charge in [0.15, 0.2) is 0 Å². The van der Waals surface area contributed by atoms with Gasteiger partial charge in [-0.3, -0.25) is 4.68 Å². The van der Waals surface area contributed by atoms with E-state index in [4.69, 9.17) is 15.2 Å². The van der Waals surface area contributed by atoms with E-state index in [1.807, 2.05) is 35.3 Å². The van der Waals surface area contributed by atoms with Crippen LogP contribution in [-0.4, -0.2) is 30.1 Å². The Labute approximate surface area is 111 Å². The van der Waals surface area contributed by atoms with Gasteiger partial charge in [0.25, 0.3) is 0 Å². The quantitative estimate of drug-likeness (QED) is 0.857. The Hall–Kier alpha value is -2.01. The summed E-state index contributed by atoms with van der Waals surface area (Å²) < 4.78 is 12.7. The fourth-order valence-electron chi connectivity index (χ4n) is 2.42. The fraction of sp³-hybridized carbons (Fsp3) is 0.357. The highest BCUT2D eigenvalue weighted by Gasteiger charge is 2.19. The van der Waals surface area contributed by atoms with Crippen molar-refractivity contribution < 1.29 is 9.47 Å². The number of anilines is 1. The summed E-state index contributed by atoms with van der Waals surface area (Å²) >= 11 is 0. The first-order chi connectivity index (χ1) is 9.29. The minimum absolute atomic E-state index is 0.334. The maximum Gasteiger partial charge on any atom is 0.149 e. The molecule has 0 bridgehead atoms. The summed E-state index contributed by atoms with van der Waals surface area (Å²) in [7, 11) is 1.63. The van der Waals surface area contributed by atoms with Crippen LogP contribution >= 0.6 is 0 Å². The molecule has 5 heteroatoms. The SMILES string of the molecule is COc1c(N)cccc1-c1cnn(C2CCOC2)c1. The molecule has 100 valence electrons. The summed E-state index contributed by atoms with van der Waals surface area (Å²) in [5.41, 5.74) is 8.54. The number of hydrogen-bond donors (Lipinski definition) is 1. The number of ether oxygens (including phenoxy) is 2. The maximum atomic E-state index is 5.93. The second-order valence-electron chi connectivity index (χ2n) is 4.65. The number of hydrogen-bond acceptors (Lipinski definition) is 4. The highest BCUT2D eigenvalue weighted by molar-refractivity contribution is 5.76. The van der Waals surface area contributed by atoms with Crippen LogP contribution in [0, 0.1) is 0 Å². The van der Waals surface area contributed by atoms with Gasteiger partial charge in [0.05, 0.1) is 31.6 Å². The molecule has 0 radical (unpaired) electrons. The first-order valence-corrected chi connectivity index (χ1v) is 6.34. The number of nitrogen functional groups attached to an aromatic ring is 1. The molecular formula is C14H17N3O2. The van der Waals surface area contributed by atoms with Crippen LogP contribution in [0.3, 0.4) is 0 Å². The molecule has 1 aromatic heterocycles. The third-order valence-electron chi connectivity index (χ3n) is 3.44. The van der Waals surface area contributed by atoms with Crippen molar-refractivity contribution in [1.82, 2.24) is 9.78 Å². The van der Waals surface area contributed by atoms with Crippen molar-refractivity contribution in [3.63, 3.8) is 0 Å². The second kappa shape index (κ2) is 4.93. The number of nitrogens with zero attached hydrogens (tertiary/aromatic N) is 2. The zero-order chi connectivity index (χ0) is 13.2. The molecule has 19 heavy (non-hydrogen) atoms. The van der Waals surface area contributed by atoms with Gasteiger partial charge in [-0.05, 0) is 12.5 Å². The smallest absolute Gasteiger partial charge is 0.149 e. The summed E-state index contributed by atoms with van der Waals surface area (Å²) in [5, 5.41) is 4.42. The largest absolute Gasteiger partial charge is 0.494 e. The summed E-state index contributed by atoms with van der Waals surface area (Å²) in [4.78, 5) is 0. The molecule has 1 fully saturated rings. The Kier molecular flexibility index (Phi) is 3.13. The van der Waals surface area contributed by atoms with Crippen LogP contribution in [0.25, 0.3) is 11.1 Å². The van der Waals surface area contributed by atoms with Gasteiger partial charge in [0, 0.05) is 23.9 Å². The van der Waals surface area contributed by atoms with Gasteiger partial charge in [-0.1, -0.05) is 12.1 Å². The molecule has 2 N–H and O–H groups in total. The zero-order valence-electron chi connectivity index (χ0n) is 10.9. The third-order valence-corrected chi connectivity index (χ3v) is 3.44. The minimum atomic E-state index is 0.334. The first kappa shape index (κ1) is 12.0. The topological polar surface area (TPSA) is 62.3 Å². The van der Waals surface area contributed by atoms with Crippen LogP contribution in [0.4, 0.5) is 5.69 Å². The Balaban J connectivity index is 1.96. The number of aromatic nitrogens is 2. The van der Waals surface area contributed by atoms with Crippen LogP contribution in [-0.2, 0) is 4.74 Å². The van der Waals surface area contributed by atoms with Crippen LogP contribution < -0.4 is 10.5 Å². The van der Waals surface area contributed by atoms with E-state index in [0.29, 0.717) is 17.5 Å². The van der Waals surface area contributed by atoms with E-state index in [1.54, 1.807) is 7.11 Å². The summed E-state index contributed by atoms with van der Waals surface area (Å²) in [6.07, 6.45) is 4.88. The van der Waals surface area contributed by atoms with Crippen molar-refractivity contribution in [2.45, 2.75) is 12.5 Å². The van der Waals surface area contributed by atoms with Crippen LogP contribution in [0.5, 0.6) is 5.75 Å². The van der Waals surface area contributed by atoms with Crippen molar-refractivity contribution >= 4 is 5.69 Å². The van der Waals surface area contributed by atoms with Gasteiger partial charge in [-0.25, -0.2) is 0 Å². The van der Waals surface area contributed by atoms with E-state index >= 15 is 0 Å². The first-order valence-electron chi connectivity index (χ1n) is 6.34. The lowest BCUT2D eigenvalue weighted by atomic mass is 10.1. The van der Waals surface area contributed by atoms with Crippen LogP contribution in [0.1, 0.15) is 12.5 Å². The van der Waals surface area contributed by atoms with Gasteiger partial charge >= 0.3 is 0 Å². The molecule has 1 aromatic carbocycles. The number of methoxy groups -OCH3 is 1. The third kappa shape index (κ3) is 2.17. The van der Waals surface area contributed by atoms with E-state index < -0.39 is 0 Å². The molecule has 0 spiro atoms. The van der Waals surface area contributed by atoms with E-state index in [2.05, 4.69) is 5.10 Å². The summed E-state index contributed by atoms with van der Waals surface area (Å²) in [5.74, 6) is 0.699. The number of para-hydroxylation sites is 1. The molecule has 1 aliphatic rings. The molecular weight excluding hydrogens is 242 g/mol. The Morgan fingerprint density at radius 1 is 1.47 bits per heavy atom. The van der Waals surface area contributed by atoms with Gasteiger partial charge in [-0.2, -0.15) is 5.10 Å². The lowest BCUT2D eigenvalue weighted by Gasteiger charge is -2.10. The second-order valence-corrected chi connectivity index (χ2v) is 4.65. The Morgan fingerprint density at radius 2 is 2.37 bits per heavy atom. The molecule has 1 unspecified atom stereocenters. The molecule has 3 rings (SSSR count). The molecule has 5 nitrogen and oxygen atoms in total. The molecule has 0 aliphatic carbocycles. The summed E-state index contributed by atoms with van der Waals surface area (Å²) in [6, 6.07) is 6.07. The number of benzene rings is 1. The predicted molar refractivity (Wildman–Crippen MR) is 73.1 cm³/mol. The standard InChI is InChI=1S/C14H17N3O2/c1-18-14-12(3-2-4-13(14)15)10-7-16-17(8-10)11-5-6-19-9-11/h2-4,7-8,11H,5-6,9,15H2,1H3.